The summed E-state index contributed by atoms with van der Waals surface area (Å²) in [7, 11) is 1.26. The van der Waals surface area contributed by atoms with Crippen molar-refractivity contribution in [3.8, 4) is 17.0 Å². The van der Waals surface area contributed by atoms with Crippen LogP contribution in [0.1, 0.15) is 33.8 Å². The molecule has 36 heavy (non-hydrogen) atoms. The SMILES string of the molecule is COC(=O)[C@@H]1C[C@H](Oc2ccc(C(=O)O)cn2)CN1C(=O)OCC1c2ccccc2-c2ccccc21. The average molecular weight is 488 g/mol. The quantitative estimate of drug-likeness (QED) is 0.522. The summed E-state index contributed by atoms with van der Waals surface area (Å²) in [6, 6.07) is 18.0. The van der Waals surface area contributed by atoms with Crippen molar-refractivity contribution in [3.63, 3.8) is 0 Å². The molecule has 1 aromatic heterocycles. The minimum absolute atomic E-state index is 0.0291. The Bertz CT molecular complexity index is 1260. The van der Waals surface area contributed by atoms with Crippen LogP contribution < -0.4 is 4.74 Å². The van der Waals surface area contributed by atoms with Crippen LogP contribution in [0, 0.1) is 0 Å². The summed E-state index contributed by atoms with van der Waals surface area (Å²) in [5, 5.41) is 9.03. The zero-order valence-corrected chi connectivity index (χ0v) is 19.5. The molecule has 1 aliphatic heterocycles. The molecule has 9 heteroatoms. The number of fused-ring (bicyclic) bond motifs is 3. The van der Waals surface area contributed by atoms with E-state index in [0.717, 1.165) is 22.3 Å². The molecule has 1 amide bonds. The normalized spacial score (nSPS) is 18.3. The zero-order valence-electron chi connectivity index (χ0n) is 19.5. The number of nitrogens with zero attached hydrogens (tertiary/aromatic N) is 2. The fourth-order valence-electron chi connectivity index (χ4n) is 4.87. The molecule has 0 bridgehead atoms. The number of carbonyl (C=O) groups is 3. The highest BCUT2D eigenvalue weighted by Crippen LogP contribution is 2.44. The number of carboxylic acid groups (broad SMARTS) is 1. The van der Waals surface area contributed by atoms with E-state index in [4.69, 9.17) is 19.3 Å². The van der Waals surface area contributed by atoms with E-state index in [1.54, 1.807) is 0 Å². The topological polar surface area (TPSA) is 115 Å². The molecule has 184 valence electrons. The molecule has 0 radical (unpaired) electrons. The maximum Gasteiger partial charge on any atom is 0.410 e. The van der Waals surface area contributed by atoms with Gasteiger partial charge in [0.2, 0.25) is 5.88 Å². The van der Waals surface area contributed by atoms with E-state index in [2.05, 4.69) is 17.1 Å². The van der Waals surface area contributed by atoms with Crippen molar-refractivity contribution >= 4 is 18.0 Å². The second kappa shape index (κ2) is 9.69. The maximum absolute atomic E-state index is 13.1. The van der Waals surface area contributed by atoms with Gasteiger partial charge < -0.3 is 19.3 Å². The van der Waals surface area contributed by atoms with Crippen LogP contribution in [0.15, 0.2) is 66.9 Å². The smallest absolute Gasteiger partial charge is 0.410 e. The Morgan fingerprint density at radius 1 is 1.00 bits per heavy atom. The van der Waals surface area contributed by atoms with Gasteiger partial charge in [0.05, 0.1) is 19.2 Å². The number of carbonyl (C=O) groups excluding carboxylic acids is 2. The molecule has 2 atom stereocenters. The van der Waals surface area contributed by atoms with Gasteiger partial charge in [-0.3, -0.25) is 4.90 Å². The van der Waals surface area contributed by atoms with Crippen LogP contribution in [0.5, 0.6) is 5.88 Å². The summed E-state index contributed by atoms with van der Waals surface area (Å²) >= 11 is 0. The molecule has 0 unspecified atom stereocenters. The molecule has 1 N–H and O–H groups in total. The van der Waals surface area contributed by atoms with Crippen LogP contribution in [0.25, 0.3) is 11.1 Å². The Morgan fingerprint density at radius 2 is 1.67 bits per heavy atom. The van der Waals surface area contributed by atoms with Gasteiger partial charge in [-0.2, -0.15) is 0 Å². The molecular formula is C27H24N2O7. The molecule has 2 aliphatic rings. The number of aromatic carboxylic acids is 1. The van der Waals surface area contributed by atoms with Gasteiger partial charge in [0.25, 0.3) is 0 Å². The van der Waals surface area contributed by atoms with Gasteiger partial charge in [-0.1, -0.05) is 48.5 Å². The van der Waals surface area contributed by atoms with Gasteiger partial charge >= 0.3 is 18.0 Å². The number of aromatic nitrogens is 1. The lowest BCUT2D eigenvalue weighted by atomic mass is 9.98. The largest absolute Gasteiger partial charge is 0.478 e. The number of rotatable bonds is 6. The van der Waals surface area contributed by atoms with Crippen molar-refractivity contribution < 1.29 is 33.7 Å². The van der Waals surface area contributed by atoms with Crippen LogP contribution in [0.4, 0.5) is 4.79 Å². The number of hydrogen-bond donors (Lipinski definition) is 1. The van der Waals surface area contributed by atoms with Gasteiger partial charge in [-0.15, -0.1) is 0 Å². The van der Waals surface area contributed by atoms with Crippen LogP contribution in [-0.4, -0.2) is 65.4 Å². The highest BCUT2D eigenvalue weighted by molar-refractivity contribution is 5.87. The second-order valence-corrected chi connectivity index (χ2v) is 8.66. The molecule has 1 saturated heterocycles. The summed E-state index contributed by atoms with van der Waals surface area (Å²) in [6.45, 7) is 0.222. The first-order valence-corrected chi connectivity index (χ1v) is 11.5. The van der Waals surface area contributed by atoms with E-state index in [0.29, 0.717) is 0 Å². The van der Waals surface area contributed by atoms with Gasteiger partial charge in [-0.25, -0.2) is 19.4 Å². The molecule has 1 fully saturated rings. The number of amides is 1. The van der Waals surface area contributed by atoms with Crippen LogP contribution in [0.2, 0.25) is 0 Å². The standard InChI is InChI=1S/C27H24N2O7/c1-34-26(32)23-12-17(36-24-11-10-16(13-28-24)25(30)31)14-29(23)27(33)35-15-22-20-8-4-2-6-18(20)19-7-3-5-9-21(19)22/h2-11,13,17,22-23H,12,14-15H2,1H3,(H,30,31)/t17-,23-/m0/s1. The number of pyridine rings is 1. The fourth-order valence-corrected chi connectivity index (χ4v) is 4.87. The highest BCUT2D eigenvalue weighted by Gasteiger charge is 2.43. The summed E-state index contributed by atoms with van der Waals surface area (Å²) < 4.78 is 16.5. The number of carboxylic acids is 1. The Hall–Kier alpha value is -4.40. The third kappa shape index (κ3) is 4.35. The molecule has 1 aliphatic carbocycles. The Balaban J connectivity index is 1.29. The molecule has 5 rings (SSSR count). The first kappa shape index (κ1) is 23.3. The Kier molecular flexibility index (Phi) is 6.28. The lowest BCUT2D eigenvalue weighted by Crippen LogP contribution is -2.42. The second-order valence-electron chi connectivity index (χ2n) is 8.66. The first-order chi connectivity index (χ1) is 17.5. The number of methoxy groups -OCH3 is 1. The fraction of sp³-hybridized carbons (Fsp3) is 0.259. The van der Waals surface area contributed by atoms with Gasteiger partial charge in [-0.05, 0) is 28.3 Å². The lowest BCUT2D eigenvalue weighted by molar-refractivity contribution is -0.145. The predicted molar refractivity (Wildman–Crippen MR) is 128 cm³/mol. The third-order valence-electron chi connectivity index (χ3n) is 6.58. The van der Waals surface area contributed by atoms with Gasteiger partial charge in [0, 0.05) is 24.6 Å². The van der Waals surface area contributed by atoms with Crippen molar-refractivity contribution in [2.24, 2.45) is 0 Å². The summed E-state index contributed by atoms with van der Waals surface area (Å²) in [5.41, 5.74) is 4.46. The van der Waals surface area contributed by atoms with Crippen molar-refractivity contribution in [1.82, 2.24) is 9.88 Å². The lowest BCUT2D eigenvalue weighted by Gasteiger charge is -2.23. The predicted octanol–water partition coefficient (Wildman–Crippen LogP) is 3.72. The van der Waals surface area contributed by atoms with Crippen LogP contribution in [0.3, 0.4) is 0 Å². The minimum Gasteiger partial charge on any atom is -0.478 e. The van der Waals surface area contributed by atoms with Crippen molar-refractivity contribution in [2.75, 3.05) is 20.3 Å². The molecule has 2 heterocycles. The van der Waals surface area contributed by atoms with Crippen LogP contribution >= 0.6 is 0 Å². The van der Waals surface area contributed by atoms with E-state index in [1.807, 2.05) is 36.4 Å². The molecule has 0 saturated carbocycles. The summed E-state index contributed by atoms with van der Waals surface area (Å²) in [4.78, 5) is 41.9. The van der Waals surface area contributed by atoms with Crippen molar-refractivity contribution in [2.45, 2.75) is 24.5 Å². The monoisotopic (exact) mass is 488 g/mol. The van der Waals surface area contributed by atoms with Gasteiger partial charge in [0.1, 0.15) is 18.8 Å². The average Bonchev–Trinajstić information content (AvgIpc) is 3.46. The third-order valence-corrected chi connectivity index (χ3v) is 6.58. The molecule has 9 nitrogen and oxygen atoms in total. The van der Waals surface area contributed by atoms with E-state index in [1.165, 1.54) is 30.3 Å². The number of benzene rings is 2. The Labute approximate surface area is 207 Å². The highest BCUT2D eigenvalue weighted by atomic mass is 16.6. The van der Waals surface area contributed by atoms with E-state index in [9.17, 15) is 14.4 Å². The van der Waals surface area contributed by atoms with E-state index < -0.39 is 30.2 Å². The number of likely N-dealkylation sites (tertiary alicyclic amines) is 1. The maximum atomic E-state index is 13.1. The van der Waals surface area contributed by atoms with E-state index in [-0.39, 0.29) is 36.9 Å². The summed E-state index contributed by atoms with van der Waals surface area (Å²) in [5.74, 6) is -1.57. The number of esters is 1. The van der Waals surface area contributed by atoms with Gasteiger partial charge in [0.15, 0.2) is 0 Å². The van der Waals surface area contributed by atoms with E-state index >= 15 is 0 Å². The Morgan fingerprint density at radius 3 is 2.25 bits per heavy atom. The zero-order chi connectivity index (χ0) is 25.2. The number of ether oxygens (including phenoxy) is 3. The minimum atomic E-state index is -1.10. The molecule has 0 spiro atoms. The summed E-state index contributed by atoms with van der Waals surface area (Å²) in [6.07, 6.45) is 0.206. The molecule has 3 aromatic rings. The van der Waals surface area contributed by atoms with Crippen LogP contribution in [-0.2, 0) is 14.3 Å². The molecule has 2 aromatic carbocycles. The van der Waals surface area contributed by atoms with Crippen molar-refractivity contribution in [3.05, 3.63) is 83.6 Å². The molecular weight excluding hydrogens is 464 g/mol. The number of hydrogen-bond acceptors (Lipinski definition) is 7. The first-order valence-electron chi connectivity index (χ1n) is 11.5. The van der Waals surface area contributed by atoms with Crippen molar-refractivity contribution in [1.29, 1.82) is 0 Å².